The van der Waals surface area contributed by atoms with E-state index in [1.54, 1.807) is 11.3 Å². The molecule has 0 amide bonds. The number of nitrogens with two attached hydrogens (primary N) is 1. The van der Waals surface area contributed by atoms with Crippen molar-refractivity contribution in [3.63, 3.8) is 0 Å². The van der Waals surface area contributed by atoms with Crippen LogP contribution in [-0.2, 0) is 6.54 Å². The molecule has 2 N–H and O–H groups in total. The zero-order valence-electron chi connectivity index (χ0n) is 13.1. The maximum absolute atomic E-state index is 5.71. The molecule has 0 aliphatic rings. The molecule has 0 aliphatic carbocycles. The molecule has 0 atom stereocenters. The van der Waals surface area contributed by atoms with E-state index in [4.69, 9.17) is 10.7 Å². The Kier molecular flexibility index (Phi) is 7.24. The van der Waals surface area contributed by atoms with Crippen LogP contribution >= 0.6 is 39.7 Å². The van der Waals surface area contributed by atoms with Crippen LogP contribution in [0.3, 0.4) is 0 Å². The highest BCUT2D eigenvalue weighted by molar-refractivity contribution is 9.10. The maximum Gasteiger partial charge on any atom is 0.190 e. The van der Waals surface area contributed by atoms with Crippen LogP contribution in [0.15, 0.2) is 69.4 Å². The SMILES string of the molecule is Cl.NCCCn1c(-c2ccc(Br)cc2)cs/c1=N/c1ccccc1. The number of hydrogen-bond donors (Lipinski definition) is 1. The topological polar surface area (TPSA) is 43.3 Å². The van der Waals surface area contributed by atoms with Gasteiger partial charge in [-0.25, -0.2) is 4.99 Å². The average Bonchev–Trinajstić information content (AvgIpc) is 2.97. The lowest BCUT2D eigenvalue weighted by atomic mass is 10.2. The van der Waals surface area contributed by atoms with Gasteiger partial charge in [0.25, 0.3) is 0 Å². The van der Waals surface area contributed by atoms with Gasteiger partial charge in [-0.3, -0.25) is 0 Å². The standard InChI is InChI=1S/C18H18BrN3S.ClH/c19-15-9-7-14(8-10-15)17-13-23-18(22(17)12-4-11-20)21-16-5-2-1-3-6-16;/h1-3,5-10,13H,4,11-12,20H2;1H/b21-18+;. The molecule has 0 spiro atoms. The fourth-order valence-electron chi connectivity index (χ4n) is 2.35. The normalized spacial score (nSPS) is 11.3. The van der Waals surface area contributed by atoms with Crippen molar-refractivity contribution in [1.82, 2.24) is 4.57 Å². The molecule has 0 fully saturated rings. The molecule has 0 unspecified atom stereocenters. The van der Waals surface area contributed by atoms with E-state index in [0.29, 0.717) is 6.54 Å². The first-order chi connectivity index (χ1) is 11.3. The van der Waals surface area contributed by atoms with Crippen molar-refractivity contribution in [3.8, 4) is 11.3 Å². The van der Waals surface area contributed by atoms with E-state index in [1.807, 2.05) is 30.3 Å². The van der Waals surface area contributed by atoms with Gasteiger partial charge in [0.1, 0.15) is 0 Å². The van der Waals surface area contributed by atoms with Crippen LogP contribution in [0, 0.1) is 0 Å². The van der Waals surface area contributed by atoms with Gasteiger partial charge >= 0.3 is 0 Å². The number of hydrogen-bond acceptors (Lipinski definition) is 3. The number of halogens is 2. The number of nitrogens with zero attached hydrogens (tertiary/aromatic N) is 2. The van der Waals surface area contributed by atoms with Crippen molar-refractivity contribution in [2.24, 2.45) is 10.7 Å². The zero-order valence-corrected chi connectivity index (χ0v) is 16.3. The molecule has 126 valence electrons. The molecule has 0 saturated heterocycles. The van der Waals surface area contributed by atoms with Crippen LogP contribution in [-0.4, -0.2) is 11.1 Å². The van der Waals surface area contributed by atoms with Crippen molar-refractivity contribution >= 4 is 45.4 Å². The van der Waals surface area contributed by atoms with Crippen LogP contribution in [0.5, 0.6) is 0 Å². The second kappa shape index (κ2) is 9.18. The van der Waals surface area contributed by atoms with Crippen LogP contribution in [0.2, 0.25) is 0 Å². The van der Waals surface area contributed by atoms with E-state index in [2.05, 4.69) is 50.1 Å². The van der Waals surface area contributed by atoms with Crippen LogP contribution < -0.4 is 10.5 Å². The Morgan fingerprint density at radius 3 is 2.42 bits per heavy atom. The summed E-state index contributed by atoms with van der Waals surface area (Å²) >= 11 is 5.15. The third kappa shape index (κ3) is 4.57. The van der Waals surface area contributed by atoms with Gasteiger partial charge in [0.15, 0.2) is 4.80 Å². The van der Waals surface area contributed by atoms with E-state index < -0.39 is 0 Å². The summed E-state index contributed by atoms with van der Waals surface area (Å²) in [6.07, 6.45) is 0.933. The smallest absolute Gasteiger partial charge is 0.190 e. The fourth-order valence-corrected chi connectivity index (χ4v) is 3.57. The molecule has 0 aliphatic heterocycles. The van der Waals surface area contributed by atoms with Crippen molar-refractivity contribution < 1.29 is 0 Å². The van der Waals surface area contributed by atoms with E-state index in [1.165, 1.54) is 11.3 Å². The summed E-state index contributed by atoms with van der Waals surface area (Å²) in [6.45, 7) is 1.55. The highest BCUT2D eigenvalue weighted by atomic mass is 79.9. The molecule has 0 radical (unpaired) electrons. The molecule has 0 bridgehead atoms. The predicted octanol–water partition coefficient (Wildman–Crippen LogP) is 4.98. The molecule has 24 heavy (non-hydrogen) atoms. The Hall–Kier alpha value is -1.40. The highest BCUT2D eigenvalue weighted by Crippen LogP contribution is 2.23. The summed E-state index contributed by atoms with van der Waals surface area (Å²) in [6, 6.07) is 18.4. The largest absolute Gasteiger partial charge is 0.330 e. The number of benzene rings is 2. The molecule has 1 aromatic heterocycles. The lowest BCUT2D eigenvalue weighted by Gasteiger charge is -2.08. The van der Waals surface area contributed by atoms with Gasteiger partial charge in [-0.1, -0.05) is 46.3 Å². The van der Waals surface area contributed by atoms with Gasteiger partial charge < -0.3 is 10.3 Å². The van der Waals surface area contributed by atoms with E-state index >= 15 is 0 Å². The fraction of sp³-hybridized carbons (Fsp3) is 0.167. The quantitative estimate of drug-likeness (QED) is 0.616. The summed E-state index contributed by atoms with van der Waals surface area (Å²) in [7, 11) is 0. The van der Waals surface area contributed by atoms with E-state index in [0.717, 1.165) is 27.9 Å². The minimum Gasteiger partial charge on any atom is -0.330 e. The monoisotopic (exact) mass is 423 g/mol. The number of thiazole rings is 1. The van der Waals surface area contributed by atoms with Crippen molar-refractivity contribution in [1.29, 1.82) is 0 Å². The molecule has 1 heterocycles. The van der Waals surface area contributed by atoms with E-state index in [-0.39, 0.29) is 12.4 Å². The lowest BCUT2D eigenvalue weighted by Crippen LogP contribution is -2.18. The molecule has 3 aromatic rings. The van der Waals surface area contributed by atoms with Crippen LogP contribution in [0.4, 0.5) is 5.69 Å². The highest BCUT2D eigenvalue weighted by Gasteiger charge is 2.08. The molecule has 3 rings (SSSR count). The summed E-state index contributed by atoms with van der Waals surface area (Å²) in [5.74, 6) is 0. The number of para-hydroxylation sites is 1. The lowest BCUT2D eigenvalue weighted by molar-refractivity contribution is 0.641. The molecular weight excluding hydrogens is 406 g/mol. The summed E-state index contributed by atoms with van der Waals surface area (Å²) in [4.78, 5) is 5.79. The van der Waals surface area contributed by atoms with Gasteiger partial charge in [-0.05, 0) is 42.8 Å². The maximum atomic E-state index is 5.71. The van der Waals surface area contributed by atoms with Crippen molar-refractivity contribution in [2.45, 2.75) is 13.0 Å². The van der Waals surface area contributed by atoms with Crippen LogP contribution in [0.1, 0.15) is 6.42 Å². The Labute approximate surface area is 160 Å². The Morgan fingerprint density at radius 1 is 1.04 bits per heavy atom. The first-order valence-corrected chi connectivity index (χ1v) is 9.19. The van der Waals surface area contributed by atoms with Crippen molar-refractivity contribution in [2.75, 3.05) is 6.54 Å². The molecular formula is C18H19BrClN3S. The number of rotatable bonds is 5. The minimum atomic E-state index is 0. The Balaban J connectivity index is 0.00000208. The average molecular weight is 425 g/mol. The van der Waals surface area contributed by atoms with Gasteiger partial charge in [0.2, 0.25) is 0 Å². The third-order valence-corrected chi connectivity index (χ3v) is 4.90. The second-order valence-electron chi connectivity index (χ2n) is 5.15. The third-order valence-electron chi connectivity index (χ3n) is 3.50. The molecule has 0 saturated carbocycles. The Bertz CT molecular complexity index is 825. The van der Waals surface area contributed by atoms with Gasteiger partial charge in [0.05, 0.1) is 11.4 Å². The summed E-state index contributed by atoms with van der Waals surface area (Å²) in [5.41, 5.74) is 9.06. The Morgan fingerprint density at radius 2 is 1.75 bits per heavy atom. The molecule has 2 aromatic carbocycles. The predicted molar refractivity (Wildman–Crippen MR) is 108 cm³/mol. The van der Waals surface area contributed by atoms with Gasteiger partial charge in [0, 0.05) is 16.4 Å². The van der Waals surface area contributed by atoms with Crippen LogP contribution in [0.25, 0.3) is 11.3 Å². The zero-order chi connectivity index (χ0) is 16.1. The summed E-state index contributed by atoms with van der Waals surface area (Å²) in [5, 5.41) is 2.17. The first-order valence-electron chi connectivity index (χ1n) is 7.52. The van der Waals surface area contributed by atoms with Gasteiger partial charge in [-0.15, -0.1) is 23.7 Å². The van der Waals surface area contributed by atoms with Gasteiger partial charge in [-0.2, -0.15) is 0 Å². The number of aromatic nitrogens is 1. The minimum absolute atomic E-state index is 0. The molecule has 3 nitrogen and oxygen atoms in total. The second-order valence-corrected chi connectivity index (χ2v) is 6.90. The summed E-state index contributed by atoms with van der Waals surface area (Å²) < 4.78 is 3.34. The first kappa shape index (κ1) is 18.9. The van der Waals surface area contributed by atoms with E-state index in [9.17, 15) is 0 Å². The molecule has 6 heteroatoms. The van der Waals surface area contributed by atoms with Crippen molar-refractivity contribution in [3.05, 3.63) is 69.3 Å².